The van der Waals surface area contributed by atoms with Gasteiger partial charge in [0.1, 0.15) is 12.2 Å². The minimum absolute atomic E-state index is 0.0496. The van der Waals surface area contributed by atoms with Crippen LogP contribution in [0.1, 0.15) is 56.5 Å². The van der Waals surface area contributed by atoms with Crippen molar-refractivity contribution in [1.82, 2.24) is 10.3 Å². The third-order valence-corrected chi connectivity index (χ3v) is 5.42. The van der Waals surface area contributed by atoms with E-state index in [4.69, 9.17) is 0 Å². The maximum atomic E-state index is 11.8. The van der Waals surface area contributed by atoms with Gasteiger partial charge in [0.15, 0.2) is 0 Å². The Labute approximate surface area is 177 Å². The molecule has 7 nitrogen and oxygen atoms in total. The number of carbonyl (C=O) groups is 1. The number of aromatic amines is 1. The lowest BCUT2D eigenvalue weighted by Crippen LogP contribution is -2.37. The van der Waals surface area contributed by atoms with Gasteiger partial charge in [-0.15, -0.1) is 0 Å². The van der Waals surface area contributed by atoms with E-state index < -0.39 is 12.0 Å². The van der Waals surface area contributed by atoms with E-state index in [-0.39, 0.29) is 11.7 Å². The first-order valence-corrected chi connectivity index (χ1v) is 10.6. The Morgan fingerprint density at radius 1 is 1.30 bits per heavy atom. The van der Waals surface area contributed by atoms with Crippen molar-refractivity contribution in [2.45, 2.75) is 59.3 Å². The van der Waals surface area contributed by atoms with E-state index in [0.29, 0.717) is 24.4 Å². The molecule has 7 heteroatoms. The minimum atomic E-state index is -0.814. The molecule has 0 bridgehead atoms. The van der Waals surface area contributed by atoms with Crippen molar-refractivity contribution in [3.05, 3.63) is 57.5 Å². The molecule has 2 unspecified atom stereocenters. The standard InChI is InChI=1S/C23H32N4O3/c1-5-8-27-20-7-6-16(12-24-19(23(29)30)9-14(2)3)11-18(20)26-21(27)17-10-15(4)22(28)25-13-17/h6-7,10-11,13-14,19,21,24,26H,5,8-9,12H2,1-4H3,(H,25,28)(H,29,30). The fourth-order valence-electron chi connectivity index (χ4n) is 3.94. The number of aromatic nitrogens is 1. The maximum absolute atomic E-state index is 11.8. The van der Waals surface area contributed by atoms with E-state index in [9.17, 15) is 14.7 Å². The van der Waals surface area contributed by atoms with Crippen molar-refractivity contribution in [2.24, 2.45) is 5.92 Å². The molecule has 0 aliphatic carbocycles. The summed E-state index contributed by atoms with van der Waals surface area (Å²) in [4.78, 5) is 28.4. The highest BCUT2D eigenvalue weighted by atomic mass is 16.4. The van der Waals surface area contributed by atoms with Gasteiger partial charge in [0.05, 0.1) is 11.4 Å². The molecule has 0 spiro atoms. The fraction of sp³-hybridized carbons (Fsp3) is 0.478. The number of aliphatic carboxylic acids is 1. The summed E-state index contributed by atoms with van der Waals surface area (Å²) in [6, 6.07) is 7.59. The number of hydrogen-bond donors (Lipinski definition) is 4. The van der Waals surface area contributed by atoms with Crippen LogP contribution in [-0.2, 0) is 11.3 Å². The van der Waals surface area contributed by atoms with E-state index in [2.05, 4.69) is 39.6 Å². The van der Waals surface area contributed by atoms with Crippen LogP contribution in [-0.4, -0.2) is 28.6 Å². The summed E-state index contributed by atoms with van der Waals surface area (Å²) in [5.74, 6) is -0.505. The molecule has 0 saturated carbocycles. The Kier molecular flexibility index (Phi) is 6.82. The topological polar surface area (TPSA) is 97.5 Å². The van der Waals surface area contributed by atoms with Crippen molar-refractivity contribution >= 4 is 17.3 Å². The summed E-state index contributed by atoms with van der Waals surface area (Å²) >= 11 is 0. The molecule has 4 N–H and O–H groups in total. The molecule has 1 aliphatic heterocycles. The summed E-state index contributed by atoms with van der Waals surface area (Å²) in [7, 11) is 0. The van der Waals surface area contributed by atoms with Crippen LogP contribution in [0.4, 0.5) is 11.4 Å². The first-order chi connectivity index (χ1) is 14.3. The van der Waals surface area contributed by atoms with Gasteiger partial charge in [-0.2, -0.15) is 0 Å². The Morgan fingerprint density at radius 2 is 2.07 bits per heavy atom. The van der Waals surface area contributed by atoms with Gasteiger partial charge in [-0.3, -0.25) is 9.59 Å². The number of carboxylic acid groups (broad SMARTS) is 1. The molecule has 1 aromatic carbocycles. The van der Waals surface area contributed by atoms with Gasteiger partial charge in [0.25, 0.3) is 5.56 Å². The number of anilines is 2. The summed E-state index contributed by atoms with van der Waals surface area (Å²) < 4.78 is 0. The van der Waals surface area contributed by atoms with Crippen molar-refractivity contribution in [2.75, 3.05) is 16.8 Å². The maximum Gasteiger partial charge on any atom is 0.320 e. The highest BCUT2D eigenvalue weighted by Crippen LogP contribution is 2.41. The molecule has 0 radical (unpaired) electrons. The van der Waals surface area contributed by atoms with Crippen molar-refractivity contribution in [1.29, 1.82) is 0 Å². The molecule has 0 fully saturated rings. The number of carboxylic acids is 1. The second-order valence-electron chi connectivity index (χ2n) is 8.44. The van der Waals surface area contributed by atoms with Crippen molar-refractivity contribution in [3.63, 3.8) is 0 Å². The summed E-state index contributed by atoms with van der Waals surface area (Å²) in [5.41, 5.74) is 4.81. The van der Waals surface area contributed by atoms with Crippen LogP contribution >= 0.6 is 0 Å². The lowest BCUT2D eigenvalue weighted by molar-refractivity contribution is -0.140. The Hall–Kier alpha value is -2.80. The van der Waals surface area contributed by atoms with Gasteiger partial charge >= 0.3 is 5.97 Å². The highest BCUT2D eigenvalue weighted by Gasteiger charge is 2.30. The predicted octanol–water partition coefficient (Wildman–Crippen LogP) is 3.61. The third-order valence-electron chi connectivity index (χ3n) is 5.42. The first-order valence-electron chi connectivity index (χ1n) is 10.6. The van der Waals surface area contributed by atoms with Gasteiger partial charge in [0.2, 0.25) is 0 Å². The zero-order valence-electron chi connectivity index (χ0n) is 18.2. The number of fused-ring (bicyclic) bond motifs is 1. The lowest BCUT2D eigenvalue weighted by atomic mass is 10.0. The SMILES string of the molecule is CCCN1c2ccc(CNC(CC(C)C)C(=O)O)cc2NC1c1c[nH]c(=O)c(C)c1. The normalized spacial score (nSPS) is 16.4. The number of aryl methyl sites for hydroxylation is 1. The number of H-pyrrole nitrogens is 1. The quantitative estimate of drug-likeness (QED) is 0.502. The van der Waals surface area contributed by atoms with E-state index in [1.54, 1.807) is 6.20 Å². The van der Waals surface area contributed by atoms with E-state index in [1.807, 2.05) is 32.9 Å². The lowest BCUT2D eigenvalue weighted by Gasteiger charge is -2.26. The largest absolute Gasteiger partial charge is 0.480 e. The zero-order chi connectivity index (χ0) is 21.8. The van der Waals surface area contributed by atoms with Crippen LogP contribution in [0.2, 0.25) is 0 Å². The highest BCUT2D eigenvalue weighted by molar-refractivity contribution is 5.77. The van der Waals surface area contributed by atoms with Crippen LogP contribution in [0.5, 0.6) is 0 Å². The van der Waals surface area contributed by atoms with E-state index in [1.165, 1.54) is 0 Å². The van der Waals surface area contributed by atoms with Crippen LogP contribution in [0.15, 0.2) is 35.3 Å². The van der Waals surface area contributed by atoms with Crippen LogP contribution in [0, 0.1) is 12.8 Å². The molecule has 2 atom stereocenters. The van der Waals surface area contributed by atoms with Gasteiger partial charge in [-0.1, -0.05) is 26.8 Å². The minimum Gasteiger partial charge on any atom is -0.480 e. The second kappa shape index (κ2) is 9.34. The molecule has 2 heterocycles. The molecule has 0 saturated heterocycles. The molecular weight excluding hydrogens is 380 g/mol. The molecular formula is C23H32N4O3. The summed E-state index contributed by atoms with van der Waals surface area (Å²) in [6.07, 6.45) is 3.31. The average molecular weight is 413 g/mol. The molecule has 3 rings (SSSR count). The molecule has 30 heavy (non-hydrogen) atoms. The van der Waals surface area contributed by atoms with Gasteiger partial charge in [0, 0.05) is 30.4 Å². The number of nitrogens with one attached hydrogen (secondary N) is 3. The second-order valence-corrected chi connectivity index (χ2v) is 8.44. The average Bonchev–Trinajstić information content (AvgIpc) is 3.05. The number of nitrogens with zero attached hydrogens (tertiary/aromatic N) is 1. The molecule has 1 aromatic heterocycles. The van der Waals surface area contributed by atoms with Crippen LogP contribution < -0.4 is 21.1 Å². The summed E-state index contributed by atoms with van der Waals surface area (Å²) in [6.45, 7) is 9.39. The Balaban J connectivity index is 1.80. The molecule has 162 valence electrons. The van der Waals surface area contributed by atoms with Crippen molar-refractivity contribution in [3.8, 4) is 0 Å². The van der Waals surface area contributed by atoms with E-state index >= 15 is 0 Å². The van der Waals surface area contributed by atoms with Gasteiger partial charge in [-0.25, -0.2) is 0 Å². The molecule has 0 amide bonds. The van der Waals surface area contributed by atoms with Crippen molar-refractivity contribution < 1.29 is 9.90 Å². The van der Waals surface area contributed by atoms with Gasteiger partial charge in [-0.05, 0) is 49.4 Å². The number of hydrogen-bond acceptors (Lipinski definition) is 5. The zero-order valence-corrected chi connectivity index (χ0v) is 18.2. The van der Waals surface area contributed by atoms with Gasteiger partial charge < -0.3 is 25.6 Å². The summed E-state index contributed by atoms with van der Waals surface area (Å²) in [5, 5.41) is 16.2. The van der Waals surface area contributed by atoms with Crippen LogP contribution in [0.25, 0.3) is 0 Å². The first kappa shape index (κ1) is 21.9. The molecule has 1 aliphatic rings. The predicted molar refractivity (Wildman–Crippen MR) is 120 cm³/mol. The Bertz CT molecular complexity index is 954. The number of pyridine rings is 1. The van der Waals surface area contributed by atoms with Crippen LogP contribution in [0.3, 0.4) is 0 Å². The smallest absolute Gasteiger partial charge is 0.320 e. The number of benzene rings is 1. The Morgan fingerprint density at radius 3 is 2.70 bits per heavy atom. The number of rotatable bonds is 9. The monoisotopic (exact) mass is 412 g/mol. The fourth-order valence-corrected chi connectivity index (χ4v) is 3.94. The van der Waals surface area contributed by atoms with E-state index in [0.717, 1.165) is 35.5 Å². The third kappa shape index (κ3) is 4.84. The molecule has 2 aromatic rings.